The molecule has 0 unspecified atom stereocenters. The van der Waals surface area contributed by atoms with E-state index in [-0.39, 0.29) is 21.2 Å². The van der Waals surface area contributed by atoms with Crippen LogP contribution in [0.25, 0.3) is 10.6 Å². The molecule has 0 spiro atoms. The molecule has 2 heterocycles. The third-order valence-corrected chi connectivity index (χ3v) is 8.49. The number of nitrogens with one attached hydrogen (secondary N) is 1. The molecule has 1 aromatic carbocycles. The number of pyridine rings is 1. The SMILES string of the molecule is C[C@]1(c2ccccc2)C[C@@]1(NS(=O)(=O)c1ccc(-c2ncc(F)cc2F)s1)C(=O)O. The quantitative estimate of drug-likeness (QED) is 0.599. The molecular weight excluding hydrogens is 434 g/mol. The van der Waals surface area contributed by atoms with E-state index < -0.39 is 38.6 Å². The molecule has 2 atom stereocenters. The monoisotopic (exact) mass is 450 g/mol. The number of rotatable bonds is 6. The zero-order valence-electron chi connectivity index (χ0n) is 15.6. The highest BCUT2D eigenvalue weighted by atomic mass is 32.2. The minimum atomic E-state index is -4.22. The van der Waals surface area contributed by atoms with E-state index in [0.717, 1.165) is 17.5 Å². The van der Waals surface area contributed by atoms with Gasteiger partial charge in [0.1, 0.15) is 21.3 Å². The van der Waals surface area contributed by atoms with Crippen molar-refractivity contribution in [2.24, 2.45) is 0 Å². The summed E-state index contributed by atoms with van der Waals surface area (Å²) in [6, 6.07) is 12.1. The maximum Gasteiger partial charge on any atom is 0.325 e. The Morgan fingerprint density at radius 1 is 1.20 bits per heavy atom. The first-order chi connectivity index (χ1) is 14.1. The Balaban J connectivity index is 1.66. The molecule has 10 heteroatoms. The molecule has 1 saturated carbocycles. The lowest BCUT2D eigenvalue weighted by Crippen LogP contribution is -2.47. The van der Waals surface area contributed by atoms with Gasteiger partial charge in [0.25, 0.3) is 10.0 Å². The first kappa shape index (κ1) is 20.6. The van der Waals surface area contributed by atoms with Gasteiger partial charge in [0.05, 0.1) is 11.1 Å². The Kier molecular flexibility index (Phi) is 4.75. The Morgan fingerprint density at radius 2 is 1.90 bits per heavy atom. The summed E-state index contributed by atoms with van der Waals surface area (Å²) in [4.78, 5) is 15.9. The van der Waals surface area contributed by atoms with Crippen LogP contribution in [0.3, 0.4) is 0 Å². The maximum atomic E-state index is 14.0. The Morgan fingerprint density at radius 3 is 2.53 bits per heavy atom. The molecule has 1 aliphatic rings. The second-order valence-electron chi connectivity index (χ2n) is 7.29. The Labute approximate surface area is 175 Å². The van der Waals surface area contributed by atoms with Crippen LogP contribution in [0.1, 0.15) is 18.9 Å². The van der Waals surface area contributed by atoms with E-state index in [1.165, 1.54) is 12.1 Å². The first-order valence-corrected chi connectivity index (χ1v) is 11.1. The molecular formula is C20H16F2N2O4S2. The van der Waals surface area contributed by atoms with E-state index in [4.69, 9.17) is 0 Å². The third kappa shape index (κ3) is 3.21. The van der Waals surface area contributed by atoms with Gasteiger partial charge in [0, 0.05) is 11.5 Å². The first-order valence-electron chi connectivity index (χ1n) is 8.83. The van der Waals surface area contributed by atoms with Crippen LogP contribution in [0.15, 0.2) is 58.9 Å². The molecule has 0 aliphatic heterocycles. The number of sulfonamides is 1. The minimum Gasteiger partial charge on any atom is -0.480 e. The molecule has 156 valence electrons. The number of halogens is 2. The maximum absolute atomic E-state index is 14.0. The third-order valence-electron chi connectivity index (χ3n) is 5.41. The molecule has 0 radical (unpaired) electrons. The molecule has 6 nitrogen and oxygen atoms in total. The van der Waals surface area contributed by atoms with E-state index in [0.29, 0.717) is 11.6 Å². The van der Waals surface area contributed by atoms with Crippen LogP contribution in [0.2, 0.25) is 0 Å². The number of carboxylic acids is 1. The van der Waals surface area contributed by atoms with Gasteiger partial charge in [0.2, 0.25) is 0 Å². The van der Waals surface area contributed by atoms with E-state index in [1.54, 1.807) is 37.3 Å². The van der Waals surface area contributed by atoms with Crippen molar-refractivity contribution >= 4 is 27.3 Å². The second-order valence-corrected chi connectivity index (χ2v) is 10.3. The van der Waals surface area contributed by atoms with Crippen LogP contribution in [0, 0.1) is 11.6 Å². The number of carbonyl (C=O) groups is 1. The number of thiophene rings is 1. The van der Waals surface area contributed by atoms with Gasteiger partial charge >= 0.3 is 5.97 Å². The molecule has 0 bridgehead atoms. The second kappa shape index (κ2) is 6.93. The number of benzene rings is 1. The van der Waals surface area contributed by atoms with E-state index in [2.05, 4.69) is 9.71 Å². The smallest absolute Gasteiger partial charge is 0.325 e. The predicted octanol–water partition coefficient (Wildman–Crippen LogP) is 3.55. The molecule has 1 aliphatic carbocycles. The van der Waals surface area contributed by atoms with E-state index in [1.807, 2.05) is 0 Å². The summed E-state index contributed by atoms with van der Waals surface area (Å²) in [7, 11) is -4.22. The van der Waals surface area contributed by atoms with Crippen LogP contribution >= 0.6 is 11.3 Å². The van der Waals surface area contributed by atoms with Crippen molar-refractivity contribution in [1.82, 2.24) is 9.71 Å². The number of aliphatic carboxylic acids is 1. The Bertz CT molecular complexity index is 1250. The van der Waals surface area contributed by atoms with Crippen molar-refractivity contribution < 1.29 is 27.1 Å². The summed E-state index contributed by atoms with van der Waals surface area (Å²) >= 11 is 0.721. The summed E-state index contributed by atoms with van der Waals surface area (Å²) in [6.07, 6.45) is 0.921. The van der Waals surface area contributed by atoms with Gasteiger partial charge < -0.3 is 5.11 Å². The molecule has 2 aromatic heterocycles. The highest BCUT2D eigenvalue weighted by molar-refractivity contribution is 7.91. The van der Waals surface area contributed by atoms with Gasteiger partial charge in [-0.2, -0.15) is 4.72 Å². The average Bonchev–Trinajstić information content (AvgIpc) is 3.05. The van der Waals surface area contributed by atoms with Crippen molar-refractivity contribution in [3.63, 3.8) is 0 Å². The summed E-state index contributed by atoms with van der Waals surface area (Å²) in [5.74, 6) is -3.05. The van der Waals surface area contributed by atoms with Gasteiger partial charge in [-0.25, -0.2) is 22.2 Å². The number of aromatic nitrogens is 1. The summed E-state index contributed by atoms with van der Waals surface area (Å²) < 4.78 is 55.1. The van der Waals surface area contributed by atoms with Crippen LogP contribution < -0.4 is 4.72 Å². The summed E-state index contributed by atoms with van der Waals surface area (Å²) in [5, 5.41) is 9.84. The zero-order chi connectivity index (χ0) is 21.7. The van der Waals surface area contributed by atoms with Gasteiger partial charge in [0.15, 0.2) is 5.82 Å². The fraction of sp³-hybridized carbons (Fsp3) is 0.200. The topological polar surface area (TPSA) is 96.4 Å². The van der Waals surface area contributed by atoms with Crippen LogP contribution in [-0.2, 0) is 20.2 Å². The Hall–Kier alpha value is -2.69. The van der Waals surface area contributed by atoms with Gasteiger partial charge in [-0.3, -0.25) is 4.79 Å². The summed E-state index contributed by atoms with van der Waals surface area (Å²) in [6.45, 7) is 1.69. The van der Waals surface area contributed by atoms with Crippen LogP contribution in [0.5, 0.6) is 0 Å². The molecule has 4 rings (SSSR count). The lowest BCUT2D eigenvalue weighted by atomic mass is 9.93. The van der Waals surface area contributed by atoms with Crippen molar-refractivity contribution in [2.45, 2.75) is 28.5 Å². The highest BCUT2D eigenvalue weighted by Gasteiger charge is 2.72. The molecule has 30 heavy (non-hydrogen) atoms. The highest BCUT2D eigenvalue weighted by Crippen LogP contribution is 2.58. The van der Waals surface area contributed by atoms with E-state index in [9.17, 15) is 27.1 Å². The fourth-order valence-corrected chi connectivity index (χ4v) is 6.37. The zero-order valence-corrected chi connectivity index (χ0v) is 17.2. The standard InChI is InChI=1S/C20H16F2N2O4S2/c1-19(12-5-3-2-4-6-12)11-20(19,18(25)26)24-30(27,28)16-8-7-15(29-16)17-14(22)9-13(21)10-23-17/h2-10,24H,11H2,1H3,(H,25,26)/t19-,20-/m1/s1. The molecule has 2 N–H and O–H groups in total. The number of hydrogen-bond donors (Lipinski definition) is 2. The lowest BCUT2D eigenvalue weighted by Gasteiger charge is -2.20. The lowest BCUT2D eigenvalue weighted by molar-refractivity contribution is -0.140. The predicted molar refractivity (Wildman–Crippen MR) is 107 cm³/mol. The largest absolute Gasteiger partial charge is 0.480 e. The molecule has 1 fully saturated rings. The molecule has 0 saturated heterocycles. The van der Waals surface area contributed by atoms with Crippen molar-refractivity contribution in [3.8, 4) is 10.6 Å². The normalized spacial score (nSPS) is 23.3. The fourth-order valence-electron chi connectivity index (χ4n) is 3.61. The van der Waals surface area contributed by atoms with Gasteiger partial charge in [-0.1, -0.05) is 37.3 Å². The van der Waals surface area contributed by atoms with Crippen LogP contribution in [0.4, 0.5) is 8.78 Å². The minimum absolute atomic E-state index is 0.0882. The molecule has 3 aromatic rings. The summed E-state index contributed by atoms with van der Waals surface area (Å²) in [5.41, 5.74) is -2.09. The van der Waals surface area contributed by atoms with Crippen LogP contribution in [-0.4, -0.2) is 30.0 Å². The van der Waals surface area contributed by atoms with Crippen molar-refractivity contribution in [1.29, 1.82) is 0 Å². The number of carboxylic acid groups (broad SMARTS) is 1. The van der Waals surface area contributed by atoms with Crippen molar-refractivity contribution in [2.75, 3.05) is 0 Å². The number of hydrogen-bond acceptors (Lipinski definition) is 5. The van der Waals surface area contributed by atoms with Gasteiger partial charge in [-0.15, -0.1) is 11.3 Å². The van der Waals surface area contributed by atoms with Gasteiger partial charge in [-0.05, 0) is 24.1 Å². The van der Waals surface area contributed by atoms with E-state index >= 15 is 0 Å². The molecule has 0 amide bonds. The number of nitrogens with zero attached hydrogens (tertiary/aromatic N) is 1. The average molecular weight is 450 g/mol. The van der Waals surface area contributed by atoms with Crippen molar-refractivity contribution in [3.05, 3.63) is 71.9 Å².